The van der Waals surface area contributed by atoms with Gasteiger partial charge in [-0.1, -0.05) is 89.9 Å². The Morgan fingerprint density at radius 1 is 0.640 bits per heavy atom. The molecule has 0 amide bonds. The molecule has 0 saturated heterocycles. The summed E-state index contributed by atoms with van der Waals surface area (Å²) in [6.07, 6.45) is 25.8. The van der Waals surface area contributed by atoms with Gasteiger partial charge in [-0.3, -0.25) is 4.79 Å². The lowest BCUT2D eigenvalue weighted by Gasteiger charge is -2.41. The van der Waals surface area contributed by atoms with Crippen molar-refractivity contribution in [3.8, 4) is 0 Å². The van der Waals surface area contributed by atoms with Gasteiger partial charge in [0.05, 0.1) is 0 Å². The number of unbranched alkanes of at least 4 members (excludes halogenated alkanes) is 2. The van der Waals surface area contributed by atoms with Crippen molar-refractivity contribution in [2.24, 2.45) is 23.7 Å². The van der Waals surface area contributed by atoms with Gasteiger partial charge in [0.25, 0.3) is 0 Å². The highest BCUT2D eigenvalue weighted by Crippen LogP contribution is 2.45. The van der Waals surface area contributed by atoms with E-state index >= 15 is 0 Å². The van der Waals surface area contributed by atoms with Crippen molar-refractivity contribution in [3.63, 3.8) is 0 Å². The van der Waals surface area contributed by atoms with Crippen LogP contribution in [0.1, 0.15) is 122 Å². The average molecular weight is 347 g/mol. The van der Waals surface area contributed by atoms with Crippen LogP contribution in [0.3, 0.4) is 0 Å². The van der Waals surface area contributed by atoms with Crippen LogP contribution in [0.5, 0.6) is 0 Å². The first kappa shape index (κ1) is 19.4. The van der Waals surface area contributed by atoms with Gasteiger partial charge in [-0.25, -0.2) is 0 Å². The number of hydrogen-bond donors (Lipinski definition) is 0. The van der Waals surface area contributed by atoms with Crippen LogP contribution in [0.2, 0.25) is 0 Å². The predicted octanol–water partition coefficient (Wildman–Crippen LogP) is 7.47. The normalized spacial score (nSPS) is 30.8. The Kier molecular flexibility index (Phi) is 8.34. The maximum absolute atomic E-state index is 12.1. The van der Waals surface area contributed by atoms with E-state index in [1.54, 1.807) is 0 Å². The predicted molar refractivity (Wildman–Crippen MR) is 107 cm³/mol. The van der Waals surface area contributed by atoms with Crippen LogP contribution in [0.15, 0.2) is 0 Å². The van der Waals surface area contributed by atoms with Gasteiger partial charge in [0, 0.05) is 12.8 Å². The van der Waals surface area contributed by atoms with Crippen LogP contribution in [0.25, 0.3) is 0 Å². The van der Waals surface area contributed by atoms with E-state index in [9.17, 15) is 4.79 Å². The molecule has 0 aromatic rings. The molecule has 0 N–H and O–H groups in total. The minimum atomic E-state index is 0.551. The summed E-state index contributed by atoms with van der Waals surface area (Å²) in [7, 11) is 0. The fourth-order valence-electron chi connectivity index (χ4n) is 6.30. The van der Waals surface area contributed by atoms with E-state index in [1.807, 2.05) is 0 Å². The third-order valence-electron chi connectivity index (χ3n) is 7.81. The Balaban J connectivity index is 1.22. The molecule has 0 spiro atoms. The molecule has 1 nitrogen and oxygen atoms in total. The molecule has 3 rings (SSSR count). The number of hydrogen-bond acceptors (Lipinski definition) is 1. The standard InChI is InChI=1S/C24H42O/c25-23(19-18-20-10-3-1-4-11-20)16-6-2-5-12-21-14-9-15-22-13-7-8-17-24(21)22/h20-22,24H,1-19H2. The summed E-state index contributed by atoms with van der Waals surface area (Å²) in [5.41, 5.74) is 0. The largest absolute Gasteiger partial charge is 0.300 e. The second-order valence-corrected chi connectivity index (χ2v) is 9.58. The van der Waals surface area contributed by atoms with Crippen LogP contribution in [-0.4, -0.2) is 5.78 Å². The summed E-state index contributed by atoms with van der Waals surface area (Å²) in [6, 6.07) is 0. The SMILES string of the molecule is O=C(CCCCCC1CCCC2CCCCC12)CCC1CCCCC1. The topological polar surface area (TPSA) is 17.1 Å². The third-order valence-corrected chi connectivity index (χ3v) is 7.81. The Morgan fingerprint density at radius 3 is 2.28 bits per heavy atom. The van der Waals surface area contributed by atoms with Crippen molar-refractivity contribution in [2.45, 2.75) is 122 Å². The van der Waals surface area contributed by atoms with Crippen LogP contribution >= 0.6 is 0 Å². The molecule has 0 aromatic carbocycles. The number of rotatable bonds is 9. The van der Waals surface area contributed by atoms with Gasteiger partial charge in [-0.15, -0.1) is 0 Å². The van der Waals surface area contributed by atoms with Gasteiger partial charge < -0.3 is 0 Å². The molecular formula is C24H42O. The first-order valence-corrected chi connectivity index (χ1v) is 11.8. The summed E-state index contributed by atoms with van der Waals surface area (Å²) < 4.78 is 0. The fourth-order valence-corrected chi connectivity index (χ4v) is 6.30. The Hall–Kier alpha value is -0.330. The zero-order valence-electron chi connectivity index (χ0n) is 16.7. The zero-order chi connectivity index (χ0) is 17.3. The lowest BCUT2D eigenvalue weighted by molar-refractivity contribution is -0.119. The third kappa shape index (κ3) is 6.40. The van der Waals surface area contributed by atoms with Crippen LogP contribution in [0, 0.1) is 23.7 Å². The number of carbonyl (C=O) groups is 1. The number of ketones is 1. The molecule has 3 fully saturated rings. The van der Waals surface area contributed by atoms with Crippen molar-refractivity contribution in [1.82, 2.24) is 0 Å². The van der Waals surface area contributed by atoms with Crippen LogP contribution in [-0.2, 0) is 4.79 Å². The highest BCUT2D eigenvalue weighted by molar-refractivity contribution is 5.78. The fraction of sp³-hybridized carbons (Fsp3) is 0.958. The van der Waals surface area contributed by atoms with Crippen LogP contribution < -0.4 is 0 Å². The van der Waals surface area contributed by atoms with Crippen molar-refractivity contribution in [2.75, 3.05) is 0 Å². The molecule has 25 heavy (non-hydrogen) atoms. The second-order valence-electron chi connectivity index (χ2n) is 9.58. The maximum Gasteiger partial charge on any atom is 0.132 e. The Labute approximate surface area is 156 Å². The lowest BCUT2D eigenvalue weighted by atomic mass is 9.64. The smallest absolute Gasteiger partial charge is 0.132 e. The number of carbonyl (C=O) groups excluding carboxylic acids is 1. The number of fused-ring (bicyclic) bond motifs is 1. The molecule has 0 aromatic heterocycles. The first-order valence-electron chi connectivity index (χ1n) is 11.8. The van der Waals surface area contributed by atoms with E-state index in [1.165, 1.54) is 103 Å². The first-order chi connectivity index (χ1) is 12.3. The summed E-state index contributed by atoms with van der Waals surface area (Å²) >= 11 is 0. The van der Waals surface area contributed by atoms with Gasteiger partial charge in [0.2, 0.25) is 0 Å². The van der Waals surface area contributed by atoms with Crippen molar-refractivity contribution in [1.29, 1.82) is 0 Å². The molecule has 144 valence electrons. The quantitative estimate of drug-likeness (QED) is 0.396. The van der Waals surface area contributed by atoms with E-state index < -0.39 is 0 Å². The van der Waals surface area contributed by atoms with Gasteiger partial charge in [-0.2, -0.15) is 0 Å². The molecule has 3 atom stereocenters. The Morgan fingerprint density at radius 2 is 1.40 bits per heavy atom. The molecule has 0 aliphatic heterocycles. The molecule has 3 unspecified atom stereocenters. The monoisotopic (exact) mass is 346 g/mol. The summed E-state index contributed by atoms with van der Waals surface area (Å²) in [5.74, 6) is 4.59. The lowest BCUT2D eigenvalue weighted by Crippen LogP contribution is -2.30. The summed E-state index contributed by atoms with van der Waals surface area (Å²) in [4.78, 5) is 12.1. The Bertz CT molecular complexity index is 380. The van der Waals surface area contributed by atoms with Gasteiger partial charge in [0.15, 0.2) is 0 Å². The van der Waals surface area contributed by atoms with Crippen molar-refractivity contribution >= 4 is 5.78 Å². The molecule has 0 radical (unpaired) electrons. The van der Waals surface area contributed by atoms with E-state index in [4.69, 9.17) is 0 Å². The highest BCUT2D eigenvalue weighted by atomic mass is 16.1. The minimum Gasteiger partial charge on any atom is -0.300 e. The van der Waals surface area contributed by atoms with Gasteiger partial charge >= 0.3 is 0 Å². The average Bonchev–Trinajstić information content (AvgIpc) is 2.67. The molecule has 0 bridgehead atoms. The van der Waals surface area contributed by atoms with E-state index in [0.29, 0.717) is 5.78 Å². The molecular weight excluding hydrogens is 304 g/mol. The zero-order valence-corrected chi connectivity index (χ0v) is 16.7. The summed E-state index contributed by atoms with van der Waals surface area (Å²) in [6.45, 7) is 0. The second kappa shape index (κ2) is 10.7. The minimum absolute atomic E-state index is 0.551. The highest BCUT2D eigenvalue weighted by Gasteiger charge is 2.34. The molecule has 3 saturated carbocycles. The molecule has 3 aliphatic rings. The van der Waals surface area contributed by atoms with Crippen LogP contribution in [0.4, 0.5) is 0 Å². The van der Waals surface area contributed by atoms with E-state index in [2.05, 4.69) is 0 Å². The van der Waals surface area contributed by atoms with Crippen molar-refractivity contribution in [3.05, 3.63) is 0 Å². The van der Waals surface area contributed by atoms with Gasteiger partial charge in [0.1, 0.15) is 5.78 Å². The van der Waals surface area contributed by atoms with Gasteiger partial charge in [-0.05, 0) is 42.9 Å². The molecule has 3 aliphatic carbocycles. The van der Waals surface area contributed by atoms with E-state index in [-0.39, 0.29) is 0 Å². The van der Waals surface area contributed by atoms with Crippen molar-refractivity contribution < 1.29 is 4.79 Å². The molecule has 1 heteroatoms. The van der Waals surface area contributed by atoms with E-state index in [0.717, 1.165) is 42.9 Å². The maximum atomic E-state index is 12.1. The number of Topliss-reactive ketones (excluding diaryl/α,β-unsaturated/α-hetero) is 1. The summed E-state index contributed by atoms with van der Waals surface area (Å²) in [5, 5.41) is 0. The molecule has 0 heterocycles.